The monoisotopic (exact) mass is 566 g/mol. The number of ether oxygens (including phenoxy) is 2. The molecule has 0 aliphatic heterocycles. The molecule has 4 nitrogen and oxygen atoms in total. The van der Waals surface area contributed by atoms with Crippen LogP contribution in [0.1, 0.15) is 82.6 Å². The minimum absolute atomic E-state index is 0.0363. The maximum atomic E-state index is 13.2. The normalized spacial score (nSPS) is 19.3. The molecule has 0 N–H and O–H groups in total. The first kappa shape index (κ1) is 32.6. The molecule has 3 rings (SSSR count). The molecule has 0 saturated heterocycles. The van der Waals surface area contributed by atoms with E-state index in [1.54, 1.807) is 0 Å². The number of hydrogen-bond donors (Lipinski definition) is 0. The lowest BCUT2D eigenvalue weighted by molar-refractivity contribution is -0.174. The Hall–Kier alpha value is -1.95. The molecule has 1 aliphatic carbocycles. The van der Waals surface area contributed by atoms with Crippen LogP contribution < -0.4 is 10.4 Å². The largest absolute Gasteiger partial charge is 0.465 e. The molecule has 0 bridgehead atoms. The summed E-state index contributed by atoms with van der Waals surface area (Å²) in [5.41, 5.74) is -1.03. The lowest BCUT2D eigenvalue weighted by Crippen LogP contribution is -2.66. The van der Waals surface area contributed by atoms with Crippen molar-refractivity contribution in [2.45, 2.75) is 93.7 Å². The van der Waals surface area contributed by atoms with Crippen LogP contribution in [0.3, 0.4) is 0 Å². The molecule has 1 aliphatic rings. The quantitative estimate of drug-likeness (QED) is 0.212. The third kappa shape index (κ3) is 7.66. The minimum Gasteiger partial charge on any atom is -0.465 e. The van der Waals surface area contributed by atoms with Crippen LogP contribution >= 0.6 is 0 Å². The predicted molar refractivity (Wildman–Crippen MR) is 169 cm³/mol. The molecule has 0 spiro atoms. The molecular weight excluding hydrogens is 512 g/mol. The van der Waals surface area contributed by atoms with Crippen LogP contribution in [0.5, 0.6) is 0 Å². The van der Waals surface area contributed by atoms with Gasteiger partial charge in [0, 0.05) is 6.61 Å². The summed E-state index contributed by atoms with van der Waals surface area (Å²) >= 11 is 0. The van der Waals surface area contributed by atoms with Crippen molar-refractivity contribution < 1.29 is 18.7 Å². The zero-order valence-electron chi connectivity index (χ0n) is 27.0. The molecule has 0 aromatic heterocycles. The van der Waals surface area contributed by atoms with Gasteiger partial charge in [0.2, 0.25) is 0 Å². The zero-order valence-corrected chi connectivity index (χ0v) is 28.0. The van der Waals surface area contributed by atoms with Crippen molar-refractivity contribution in [2.75, 3.05) is 19.8 Å². The van der Waals surface area contributed by atoms with Crippen LogP contribution in [0.15, 0.2) is 60.7 Å². The molecule has 2 aromatic carbocycles. The zero-order chi connectivity index (χ0) is 30.0. The van der Waals surface area contributed by atoms with Crippen molar-refractivity contribution >= 4 is 24.7 Å². The third-order valence-corrected chi connectivity index (χ3v) is 13.1. The van der Waals surface area contributed by atoms with Crippen molar-refractivity contribution in [1.29, 1.82) is 0 Å². The van der Waals surface area contributed by atoms with E-state index >= 15 is 0 Å². The Morgan fingerprint density at radius 3 is 1.68 bits per heavy atom. The molecule has 1 saturated carbocycles. The second kappa shape index (κ2) is 12.1. The summed E-state index contributed by atoms with van der Waals surface area (Å²) in [6.45, 7) is 25.3. The highest BCUT2D eigenvalue weighted by atomic mass is 28.4. The van der Waals surface area contributed by atoms with E-state index in [9.17, 15) is 4.79 Å². The molecule has 222 valence electrons. The second-order valence-corrected chi connectivity index (χ2v) is 20.0. The van der Waals surface area contributed by atoms with Gasteiger partial charge in [-0.3, -0.25) is 4.79 Å². The SMILES string of the molecule is CC(C)(C)COC(=O)C(C)(C)C(OC[C@@H]1C[C@@H]1CO[Si](c1ccccc1)(c1ccccc1)C(C)(C)C)C(C)(C)C. The lowest BCUT2D eigenvalue weighted by Gasteiger charge is -2.43. The van der Waals surface area contributed by atoms with E-state index in [2.05, 4.69) is 123 Å². The minimum atomic E-state index is -2.55. The van der Waals surface area contributed by atoms with Crippen molar-refractivity contribution in [3.63, 3.8) is 0 Å². The second-order valence-electron chi connectivity index (χ2n) is 15.7. The van der Waals surface area contributed by atoms with E-state index in [4.69, 9.17) is 13.9 Å². The number of esters is 1. The highest BCUT2D eigenvalue weighted by molar-refractivity contribution is 6.99. The van der Waals surface area contributed by atoms with Gasteiger partial charge in [0.1, 0.15) is 0 Å². The lowest BCUT2D eigenvalue weighted by atomic mass is 9.73. The van der Waals surface area contributed by atoms with Crippen LogP contribution in [-0.2, 0) is 18.7 Å². The van der Waals surface area contributed by atoms with Gasteiger partial charge in [-0.1, -0.05) is 123 Å². The predicted octanol–water partition coefficient (Wildman–Crippen LogP) is 7.25. The third-order valence-electron chi connectivity index (χ3n) is 8.08. The molecular formula is C35H54O4Si. The first-order chi connectivity index (χ1) is 18.4. The summed E-state index contributed by atoms with van der Waals surface area (Å²) in [4.78, 5) is 13.2. The summed E-state index contributed by atoms with van der Waals surface area (Å²) in [5, 5.41) is 2.58. The van der Waals surface area contributed by atoms with E-state index < -0.39 is 13.7 Å². The molecule has 0 heterocycles. The molecule has 0 radical (unpaired) electrons. The van der Waals surface area contributed by atoms with Gasteiger partial charge in [-0.15, -0.1) is 0 Å². The number of carbonyl (C=O) groups is 1. The highest BCUT2D eigenvalue weighted by Crippen LogP contribution is 2.45. The summed E-state index contributed by atoms with van der Waals surface area (Å²) in [6.07, 6.45) is 0.829. The van der Waals surface area contributed by atoms with Gasteiger partial charge >= 0.3 is 5.97 Å². The van der Waals surface area contributed by atoms with E-state index in [1.807, 2.05) is 13.8 Å². The Labute approximate surface area is 245 Å². The summed E-state index contributed by atoms with van der Waals surface area (Å²) in [5.74, 6) is 0.701. The van der Waals surface area contributed by atoms with Gasteiger partial charge in [0.25, 0.3) is 8.32 Å². The van der Waals surface area contributed by atoms with Crippen molar-refractivity contribution in [2.24, 2.45) is 28.1 Å². The Bertz CT molecular complexity index is 1050. The van der Waals surface area contributed by atoms with E-state index in [0.29, 0.717) is 25.0 Å². The first-order valence-electron chi connectivity index (χ1n) is 14.9. The maximum Gasteiger partial charge on any atom is 0.314 e. The van der Waals surface area contributed by atoms with Crippen molar-refractivity contribution in [3.8, 4) is 0 Å². The Morgan fingerprint density at radius 2 is 1.25 bits per heavy atom. The fraction of sp³-hybridized carbons (Fsp3) is 0.629. The smallest absolute Gasteiger partial charge is 0.314 e. The van der Waals surface area contributed by atoms with Crippen LogP contribution in [0, 0.1) is 28.1 Å². The van der Waals surface area contributed by atoms with Crippen LogP contribution in [0.4, 0.5) is 0 Å². The molecule has 40 heavy (non-hydrogen) atoms. The molecule has 2 aromatic rings. The average molecular weight is 567 g/mol. The van der Waals surface area contributed by atoms with Gasteiger partial charge in [0.05, 0.1) is 24.7 Å². The molecule has 1 unspecified atom stereocenters. The van der Waals surface area contributed by atoms with Crippen LogP contribution in [0.2, 0.25) is 5.04 Å². The molecule has 3 atom stereocenters. The number of hydrogen-bond acceptors (Lipinski definition) is 4. The van der Waals surface area contributed by atoms with Gasteiger partial charge in [0.15, 0.2) is 0 Å². The van der Waals surface area contributed by atoms with E-state index in [0.717, 1.165) is 13.0 Å². The number of carbonyl (C=O) groups excluding carboxylic acids is 1. The first-order valence-corrected chi connectivity index (χ1v) is 16.8. The van der Waals surface area contributed by atoms with E-state index in [-0.39, 0.29) is 27.9 Å². The maximum absolute atomic E-state index is 13.2. The van der Waals surface area contributed by atoms with Crippen LogP contribution in [-0.4, -0.2) is 40.2 Å². The number of rotatable bonds is 11. The topological polar surface area (TPSA) is 44.8 Å². The Morgan fingerprint density at radius 1 is 0.775 bits per heavy atom. The number of benzene rings is 2. The molecule has 5 heteroatoms. The summed E-state index contributed by atoms with van der Waals surface area (Å²) in [6, 6.07) is 21.6. The van der Waals surface area contributed by atoms with Crippen LogP contribution in [0.25, 0.3) is 0 Å². The van der Waals surface area contributed by atoms with Gasteiger partial charge < -0.3 is 13.9 Å². The van der Waals surface area contributed by atoms with E-state index in [1.165, 1.54) is 10.4 Å². The van der Waals surface area contributed by atoms with Crippen molar-refractivity contribution in [1.82, 2.24) is 0 Å². The Balaban J connectivity index is 1.72. The van der Waals surface area contributed by atoms with Gasteiger partial charge in [-0.25, -0.2) is 0 Å². The highest BCUT2D eigenvalue weighted by Gasteiger charge is 2.52. The standard InChI is InChI=1S/C35H54O4Si/c1-32(2,3)25-38-31(36)35(10,11)30(33(4,5)6)37-23-26-22-27(26)24-39-40(34(7,8)9,28-18-14-12-15-19-28)29-20-16-13-17-21-29/h12-21,26-27,30H,22-25H2,1-11H3/t26-,27+,30?/m0/s1. The summed E-state index contributed by atoms with van der Waals surface area (Å²) < 4.78 is 19.5. The molecule has 0 amide bonds. The fourth-order valence-corrected chi connectivity index (χ4v) is 10.7. The van der Waals surface area contributed by atoms with Gasteiger partial charge in [-0.05, 0) is 58.3 Å². The molecule has 1 fully saturated rings. The summed E-state index contributed by atoms with van der Waals surface area (Å²) in [7, 11) is -2.55. The average Bonchev–Trinajstić information content (AvgIpc) is 3.60. The Kier molecular flexibility index (Phi) is 9.86. The fourth-order valence-electron chi connectivity index (χ4n) is 6.05. The van der Waals surface area contributed by atoms with Gasteiger partial charge in [-0.2, -0.15) is 0 Å². The van der Waals surface area contributed by atoms with Crippen molar-refractivity contribution in [3.05, 3.63) is 60.7 Å².